The van der Waals surface area contributed by atoms with Crippen LogP contribution in [0, 0.1) is 0 Å². The number of hydrogen-bond donors (Lipinski definition) is 0. The third kappa shape index (κ3) is 2.82. The molecule has 2 heterocycles. The van der Waals surface area contributed by atoms with Gasteiger partial charge in [-0.3, -0.25) is 9.78 Å². The van der Waals surface area contributed by atoms with Crippen LogP contribution >= 0.6 is 15.9 Å². The number of halogens is 1. The molecule has 1 saturated heterocycles. The maximum atomic E-state index is 11.8. The molecule has 0 aromatic carbocycles. The second kappa shape index (κ2) is 5.43. The lowest BCUT2D eigenvalue weighted by Gasteiger charge is -2.29. The Balaban J connectivity index is 1.88. The Kier molecular flexibility index (Phi) is 3.93. The third-order valence-electron chi connectivity index (χ3n) is 2.83. The molecular formula is C12H15BrN2O. The molecule has 3 nitrogen and oxygen atoms in total. The number of aromatic nitrogens is 1. The number of rotatable bonds is 3. The number of carbonyl (C=O) groups is 1. The Morgan fingerprint density at radius 3 is 3.12 bits per heavy atom. The largest absolute Gasteiger partial charge is 0.341 e. The summed E-state index contributed by atoms with van der Waals surface area (Å²) in [7, 11) is 0. The molecule has 1 unspecified atom stereocenters. The maximum Gasteiger partial charge on any atom is 0.236 e. The molecule has 1 aliphatic heterocycles. The van der Waals surface area contributed by atoms with Crippen LogP contribution in [-0.4, -0.2) is 33.7 Å². The van der Waals surface area contributed by atoms with Gasteiger partial charge in [0.15, 0.2) is 0 Å². The first-order valence-corrected chi connectivity index (χ1v) is 6.52. The smallest absolute Gasteiger partial charge is 0.236 e. The molecule has 1 amide bonds. The Labute approximate surface area is 104 Å². The van der Waals surface area contributed by atoms with Gasteiger partial charge in [0.1, 0.15) is 0 Å². The van der Waals surface area contributed by atoms with Gasteiger partial charge in [0.25, 0.3) is 0 Å². The van der Waals surface area contributed by atoms with Crippen LogP contribution in [0.1, 0.15) is 18.5 Å². The van der Waals surface area contributed by atoms with Crippen molar-refractivity contribution in [2.75, 3.05) is 13.1 Å². The zero-order valence-corrected chi connectivity index (χ0v) is 10.7. The molecule has 0 spiro atoms. The molecule has 1 aromatic rings. The fourth-order valence-corrected chi connectivity index (χ4v) is 2.52. The van der Waals surface area contributed by atoms with Crippen molar-refractivity contribution in [3.05, 3.63) is 30.1 Å². The predicted octanol–water partition coefficient (Wildman–Crippen LogP) is 2.01. The molecule has 2 rings (SSSR count). The lowest BCUT2D eigenvalue weighted by atomic mass is 10.1. The number of nitrogens with zero attached hydrogens (tertiary/aromatic N) is 2. The summed E-state index contributed by atoms with van der Waals surface area (Å²) in [6.07, 6.45) is 4.68. The van der Waals surface area contributed by atoms with Gasteiger partial charge in [-0.15, -0.1) is 0 Å². The quantitative estimate of drug-likeness (QED) is 0.795. The van der Waals surface area contributed by atoms with Crippen LogP contribution in [0.4, 0.5) is 0 Å². The number of carbonyl (C=O) groups excluding carboxylic acids is 1. The number of likely N-dealkylation sites (tertiary alicyclic amines) is 1. The fraction of sp³-hybridized carbons (Fsp3) is 0.500. The number of alkyl halides is 1. The SMILES string of the molecule is O=C1C(Br)CCCN1CCc1ccccn1. The molecule has 0 radical (unpaired) electrons. The van der Waals surface area contributed by atoms with Crippen molar-refractivity contribution >= 4 is 21.8 Å². The van der Waals surface area contributed by atoms with Gasteiger partial charge in [-0.2, -0.15) is 0 Å². The van der Waals surface area contributed by atoms with Gasteiger partial charge in [-0.1, -0.05) is 22.0 Å². The van der Waals surface area contributed by atoms with Gasteiger partial charge in [-0.25, -0.2) is 0 Å². The maximum absolute atomic E-state index is 11.8. The topological polar surface area (TPSA) is 33.2 Å². The van der Waals surface area contributed by atoms with E-state index in [4.69, 9.17) is 0 Å². The highest BCUT2D eigenvalue weighted by Crippen LogP contribution is 2.18. The second-order valence-corrected chi connectivity index (χ2v) is 5.11. The number of hydrogen-bond acceptors (Lipinski definition) is 2. The molecule has 1 aliphatic rings. The van der Waals surface area contributed by atoms with Crippen LogP contribution in [0.3, 0.4) is 0 Å². The van der Waals surface area contributed by atoms with E-state index in [1.165, 1.54) is 0 Å². The van der Waals surface area contributed by atoms with Gasteiger partial charge in [0.2, 0.25) is 5.91 Å². The summed E-state index contributed by atoms with van der Waals surface area (Å²) in [5.41, 5.74) is 1.05. The van der Waals surface area contributed by atoms with E-state index in [1.54, 1.807) is 6.20 Å². The molecular weight excluding hydrogens is 268 g/mol. The van der Waals surface area contributed by atoms with Crippen LogP contribution in [-0.2, 0) is 11.2 Å². The molecule has 16 heavy (non-hydrogen) atoms. The first-order chi connectivity index (χ1) is 7.77. The molecule has 1 atom stereocenters. The molecule has 86 valence electrons. The van der Waals surface area contributed by atoms with E-state index in [0.29, 0.717) is 0 Å². The van der Waals surface area contributed by atoms with Crippen molar-refractivity contribution in [1.29, 1.82) is 0 Å². The van der Waals surface area contributed by atoms with Crippen LogP contribution in [0.2, 0.25) is 0 Å². The average molecular weight is 283 g/mol. The molecule has 0 aliphatic carbocycles. The van der Waals surface area contributed by atoms with Crippen molar-refractivity contribution in [1.82, 2.24) is 9.88 Å². The van der Waals surface area contributed by atoms with Crippen LogP contribution in [0.15, 0.2) is 24.4 Å². The Morgan fingerprint density at radius 2 is 2.38 bits per heavy atom. The van der Waals surface area contributed by atoms with E-state index in [9.17, 15) is 4.79 Å². The summed E-state index contributed by atoms with van der Waals surface area (Å²) in [5, 5.41) is 0. The van der Waals surface area contributed by atoms with Crippen molar-refractivity contribution in [2.45, 2.75) is 24.1 Å². The lowest BCUT2D eigenvalue weighted by molar-refractivity contribution is -0.132. The third-order valence-corrected chi connectivity index (χ3v) is 3.68. The molecule has 0 saturated carbocycles. The van der Waals surface area contributed by atoms with Crippen molar-refractivity contribution in [3.63, 3.8) is 0 Å². The average Bonchev–Trinajstić information content (AvgIpc) is 2.32. The minimum absolute atomic E-state index is 0.0185. The van der Waals surface area contributed by atoms with E-state index in [0.717, 1.165) is 38.0 Å². The standard InChI is InChI=1S/C12H15BrN2O/c13-11-5-3-8-15(12(11)16)9-6-10-4-1-2-7-14-10/h1-2,4,7,11H,3,5-6,8-9H2. The van der Waals surface area contributed by atoms with Gasteiger partial charge in [-0.05, 0) is 25.0 Å². The first kappa shape index (κ1) is 11.6. The molecule has 0 bridgehead atoms. The summed E-state index contributed by atoms with van der Waals surface area (Å²) in [4.78, 5) is 18.0. The minimum Gasteiger partial charge on any atom is -0.341 e. The van der Waals surface area contributed by atoms with Crippen molar-refractivity contribution < 1.29 is 4.79 Å². The Hall–Kier alpha value is -0.900. The van der Waals surface area contributed by atoms with Gasteiger partial charge >= 0.3 is 0 Å². The van der Waals surface area contributed by atoms with Gasteiger partial charge in [0.05, 0.1) is 4.83 Å². The highest BCUT2D eigenvalue weighted by Gasteiger charge is 2.25. The lowest BCUT2D eigenvalue weighted by Crippen LogP contribution is -2.42. The Morgan fingerprint density at radius 1 is 1.50 bits per heavy atom. The summed E-state index contributed by atoms with van der Waals surface area (Å²) in [5.74, 6) is 0.224. The summed E-state index contributed by atoms with van der Waals surface area (Å²) >= 11 is 3.41. The van der Waals surface area contributed by atoms with Crippen LogP contribution in [0.5, 0.6) is 0 Å². The Bertz CT molecular complexity index is 355. The normalized spacial score (nSPS) is 21.2. The zero-order valence-electron chi connectivity index (χ0n) is 9.10. The summed E-state index contributed by atoms with van der Waals surface area (Å²) < 4.78 is 0. The number of piperidine rings is 1. The first-order valence-electron chi connectivity index (χ1n) is 5.60. The zero-order chi connectivity index (χ0) is 11.4. The summed E-state index contributed by atoms with van der Waals surface area (Å²) in [6, 6.07) is 5.89. The van der Waals surface area contributed by atoms with Crippen molar-refractivity contribution in [3.8, 4) is 0 Å². The molecule has 4 heteroatoms. The monoisotopic (exact) mass is 282 g/mol. The number of pyridine rings is 1. The number of amides is 1. The van der Waals surface area contributed by atoms with Crippen LogP contribution in [0.25, 0.3) is 0 Å². The fourth-order valence-electron chi connectivity index (χ4n) is 1.91. The predicted molar refractivity (Wildman–Crippen MR) is 66.5 cm³/mol. The molecule has 1 fully saturated rings. The summed E-state index contributed by atoms with van der Waals surface area (Å²) in [6.45, 7) is 1.66. The van der Waals surface area contributed by atoms with E-state index in [2.05, 4.69) is 20.9 Å². The van der Waals surface area contributed by atoms with E-state index >= 15 is 0 Å². The second-order valence-electron chi connectivity index (χ2n) is 4.01. The highest BCUT2D eigenvalue weighted by molar-refractivity contribution is 9.10. The van der Waals surface area contributed by atoms with E-state index in [1.807, 2.05) is 23.1 Å². The molecule has 0 N–H and O–H groups in total. The van der Waals surface area contributed by atoms with Crippen LogP contribution < -0.4 is 0 Å². The molecule has 1 aromatic heterocycles. The van der Waals surface area contributed by atoms with E-state index < -0.39 is 0 Å². The highest BCUT2D eigenvalue weighted by atomic mass is 79.9. The van der Waals surface area contributed by atoms with E-state index in [-0.39, 0.29) is 10.7 Å². The van der Waals surface area contributed by atoms with Gasteiger partial charge < -0.3 is 4.90 Å². The van der Waals surface area contributed by atoms with Gasteiger partial charge in [0, 0.05) is 31.4 Å². The minimum atomic E-state index is 0.0185. The van der Waals surface area contributed by atoms with Crippen molar-refractivity contribution in [2.24, 2.45) is 0 Å².